The first-order valence-corrected chi connectivity index (χ1v) is 9.59. The molecule has 1 N–H and O–H groups in total. The lowest BCUT2D eigenvalue weighted by Gasteiger charge is -2.14. The van der Waals surface area contributed by atoms with Gasteiger partial charge in [0.05, 0.1) is 4.90 Å². The van der Waals surface area contributed by atoms with Crippen LogP contribution in [0.5, 0.6) is 0 Å². The highest BCUT2D eigenvalue weighted by atomic mass is 32.2. The van der Waals surface area contributed by atoms with E-state index in [2.05, 4.69) is 10.3 Å². The lowest BCUT2D eigenvalue weighted by atomic mass is 10.1. The van der Waals surface area contributed by atoms with Crippen LogP contribution >= 0.6 is 0 Å². The third-order valence-corrected chi connectivity index (χ3v) is 6.25. The van der Waals surface area contributed by atoms with Crippen LogP contribution < -0.4 is 5.32 Å². The molecule has 5 nitrogen and oxygen atoms in total. The number of nitrogens with one attached hydrogen (secondary N) is 1. The SMILES string of the molecule is O=S(=O)(c1ccccc1)n1c(C[C@H]2CCCN2)cc2cccnc21. The molecule has 1 aromatic carbocycles. The van der Waals surface area contributed by atoms with Gasteiger partial charge in [0.1, 0.15) is 0 Å². The molecule has 0 unspecified atom stereocenters. The van der Waals surface area contributed by atoms with Crippen LogP contribution in [0.2, 0.25) is 0 Å². The predicted octanol–water partition coefficient (Wildman–Crippen LogP) is 2.57. The number of nitrogens with zero attached hydrogens (tertiary/aromatic N) is 2. The Kier molecular flexibility index (Phi) is 3.86. The van der Waals surface area contributed by atoms with E-state index in [1.165, 1.54) is 3.97 Å². The van der Waals surface area contributed by atoms with E-state index in [1.807, 2.05) is 24.3 Å². The molecule has 6 heteroatoms. The van der Waals surface area contributed by atoms with Gasteiger partial charge in [0.25, 0.3) is 10.0 Å². The second-order valence-corrected chi connectivity index (χ2v) is 7.92. The van der Waals surface area contributed by atoms with Gasteiger partial charge in [0.15, 0.2) is 5.65 Å². The van der Waals surface area contributed by atoms with Gasteiger partial charge in [-0.15, -0.1) is 0 Å². The quantitative estimate of drug-likeness (QED) is 0.792. The van der Waals surface area contributed by atoms with Gasteiger partial charge in [-0.2, -0.15) is 0 Å². The Hall–Kier alpha value is -2.18. The van der Waals surface area contributed by atoms with Crippen LogP contribution in [0.25, 0.3) is 11.0 Å². The number of pyridine rings is 1. The Morgan fingerprint density at radius 3 is 2.75 bits per heavy atom. The van der Waals surface area contributed by atoms with E-state index in [4.69, 9.17) is 0 Å². The summed E-state index contributed by atoms with van der Waals surface area (Å²) >= 11 is 0. The van der Waals surface area contributed by atoms with Crippen LogP contribution in [0.4, 0.5) is 0 Å². The summed E-state index contributed by atoms with van der Waals surface area (Å²) in [6.07, 6.45) is 4.52. The third-order valence-electron chi connectivity index (χ3n) is 4.49. The summed E-state index contributed by atoms with van der Waals surface area (Å²) in [5.74, 6) is 0. The van der Waals surface area contributed by atoms with Crippen molar-refractivity contribution < 1.29 is 8.42 Å². The van der Waals surface area contributed by atoms with Crippen LogP contribution in [-0.2, 0) is 16.4 Å². The van der Waals surface area contributed by atoms with E-state index in [0.29, 0.717) is 18.1 Å². The van der Waals surface area contributed by atoms with E-state index in [9.17, 15) is 8.42 Å². The molecule has 3 heterocycles. The van der Waals surface area contributed by atoms with Crippen molar-refractivity contribution in [1.82, 2.24) is 14.3 Å². The minimum absolute atomic E-state index is 0.286. The second-order valence-electron chi connectivity index (χ2n) is 6.13. The Bertz CT molecular complexity index is 958. The lowest BCUT2D eigenvalue weighted by Crippen LogP contribution is -2.26. The monoisotopic (exact) mass is 341 g/mol. The van der Waals surface area contributed by atoms with Gasteiger partial charge in [-0.05, 0) is 49.7 Å². The fourth-order valence-electron chi connectivity index (χ4n) is 3.36. The first-order chi connectivity index (χ1) is 11.7. The first-order valence-electron chi connectivity index (χ1n) is 8.15. The van der Waals surface area contributed by atoms with Crippen LogP contribution in [0.3, 0.4) is 0 Å². The van der Waals surface area contributed by atoms with Gasteiger partial charge in [-0.3, -0.25) is 0 Å². The van der Waals surface area contributed by atoms with Gasteiger partial charge in [-0.25, -0.2) is 17.4 Å². The van der Waals surface area contributed by atoms with Crippen LogP contribution in [-0.4, -0.2) is 30.0 Å². The molecule has 4 rings (SSSR count). The topological polar surface area (TPSA) is 64.0 Å². The Labute approximate surface area is 141 Å². The lowest BCUT2D eigenvalue weighted by molar-refractivity contribution is 0.572. The molecule has 1 fully saturated rings. The normalized spacial score (nSPS) is 18.2. The van der Waals surface area contributed by atoms with E-state index < -0.39 is 10.0 Å². The maximum atomic E-state index is 13.2. The number of hydrogen-bond donors (Lipinski definition) is 1. The zero-order valence-electron chi connectivity index (χ0n) is 13.2. The van der Waals surface area contributed by atoms with Crippen molar-refractivity contribution in [1.29, 1.82) is 0 Å². The van der Waals surface area contributed by atoms with E-state index in [1.54, 1.807) is 30.5 Å². The second kappa shape index (κ2) is 6.03. The van der Waals surface area contributed by atoms with Crippen molar-refractivity contribution in [2.45, 2.75) is 30.2 Å². The highest BCUT2D eigenvalue weighted by molar-refractivity contribution is 7.90. The standard InChI is InChI=1S/C18H19N3O2S/c22-24(23,17-8-2-1-3-9-17)21-16(13-15-7-5-10-19-15)12-14-6-4-11-20-18(14)21/h1-4,6,8-9,11-12,15,19H,5,7,10,13H2/t15-/m1/s1. The van der Waals surface area contributed by atoms with Crippen molar-refractivity contribution in [2.24, 2.45) is 0 Å². The fourth-order valence-corrected chi connectivity index (χ4v) is 4.89. The van der Waals surface area contributed by atoms with Crippen LogP contribution in [0, 0.1) is 0 Å². The molecule has 24 heavy (non-hydrogen) atoms. The molecule has 0 amide bonds. The molecule has 1 aliphatic heterocycles. The van der Waals surface area contributed by atoms with Crippen molar-refractivity contribution in [3.05, 3.63) is 60.4 Å². The summed E-state index contributed by atoms with van der Waals surface area (Å²) < 4.78 is 27.8. The highest BCUT2D eigenvalue weighted by Gasteiger charge is 2.26. The molecule has 1 saturated heterocycles. The number of benzene rings is 1. The molecular formula is C18H19N3O2S. The molecule has 2 aromatic heterocycles. The zero-order valence-corrected chi connectivity index (χ0v) is 14.0. The summed E-state index contributed by atoms with van der Waals surface area (Å²) in [4.78, 5) is 4.62. The van der Waals surface area contributed by atoms with Crippen LogP contribution in [0.15, 0.2) is 59.6 Å². The summed E-state index contributed by atoms with van der Waals surface area (Å²) in [5, 5.41) is 4.29. The smallest absolute Gasteiger partial charge is 0.269 e. The van der Waals surface area contributed by atoms with E-state index >= 15 is 0 Å². The summed E-state index contributed by atoms with van der Waals surface area (Å²) in [6, 6.07) is 14.6. The molecular weight excluding hydrogens is 322 g/mol. The predicted molar refractivity (Wildman–Crippen MR) is 93.5 cm³/mol. The van der Waals surface area contributed by atoms with Gasteiger partial charge in [0.2, 0.25) is 0 Å². The number of fused-ring (bicyclic) bond motifs is 1. The molecule has 1 atom stereocenters. The molecule has 124 valence electrons. The average Bonchev–Trinajstić information content (AvgIpc) is 3.23. The molecule has 3 aromatic rings. The summed E-state index contributed by atoms with van der Waals surface area (Å²) in [7, 11) is -3.67. The summed E-state index contributed by atoms with van der Waals surface area (Å²) in [5.41, 5.74) is 1.28. The largest absolute Gasteiger partial charge is 0.314 e. The molecule has 1 aliphatic rings. The molecule has 0 aliphatic carbocycles. The number of rotatable bonds is 4. The highest BCUT2D eigenvalue weighted by Crippen LogP contribution is 2.26. The third kappa shape index (κ3) is 2.61. The van der Waals surface area contributed by atoms with E-state index in [-0.39, 0.29) is 4.90 Å². The van der Waals surface area contributed by atoms with Gasteiger partial charge >= 0.3 is 0 Å². The van der Waals surface area contributed by atoms with Crippen molar-refractivity contribution in [2.75, 3.05) is 6.54 Å². The zero-order chi connectivity index (χ0) is 16.6. The van der Waals surface area contributed by atoms with Crippen molar-refractivity contribution in [3.63, 3.8) is 0 Å². The van der Waals surface area contributed by atoms with Gasteiger partial charge in [-0.1, -0.05) is 18.2 Å². The molecule has 0 spiro atoms. The Balaban J connectivity index is 1.89. The van der Waals surface area contributed by atoms with Crippen molar-refractivity contribution in [3.8, 4) is 0 Å². The number of aromatic nitrogens is 2. The molecule has 0 radical (unpaired) electrons. The summed E-state index contributed by atoms with van der Waals surface area (Å²) in [6.45, 7) is 0.995. The maximum absolute atomic E-state index is 13.2. The average molecular weight is 341 g/mol. The fraction of sp³-hybridized carbons (Fsp3) is 0.278. The number of hydrogen-bond acceptors (Lipinski definition) is 4. The Morgan fingerprint density at radius 2 is 2.00 bits per heavy atom. The molecule has 0 bridgehead atoms. The van der Waals surface area contributed by atoms with Crippen LogP contribution in [0.1, 0.15) is 18.5 Å². The first kappa shape index (κ1) is 15.4. The van der Waals surface area contributed by atoms with Gasteiger partial charge < -0.3 is 5.32 Å². The molecule has 0 saturated carbocycles. The van der Waals surface area contributed by atoms with Crippen molar-refractivity contribution >= 4 is 21.1 Å². The Morgan fingerprint density at radius 1 is 1.17 bits per heavy atom. The minimum Gasteiger partial charge on any atom is -0.314 e. The van der Waals surface area contributed by atoms with Gasteiger partial charge in [0, 0.05) is 29.7 Å². The minimum atomic E-state index is -3.67. The van der Waals surface area contributed by atoms with E-state index in [0.717, 1.165) is 30.5 Å². The maximum Gasteiger partial charge on any atom is 0.269 e.